The van der Waals surface area contributed by atoms with Gasteiger partial charge in [0, 0.05) is 12.3 Å². The number of rotatable bonds is 8. The van der Waals surface area contributed by atoms with E-state index < -0.39 is 33.3 Å². The minimum atomic E-state index is -5.79. The van der Waals surface area contributed by atoms with Crippen LogP contribution in [0.3, 0.4) is 0 Å². The molecule has 0 amide bonds. The Morgan fingerprint density at radius 1 is 1.28 bits per heavy atom. The standard InChI is InChI=1S/C19H18F3NO5S/c1-3-6-15-12-14(8-9-16(15)28-29(25,26)19(20,21)22)11-13(2)18(24)27-17-7-4-5-10-23-17/h3-5,7-10,12-13H,1,6,11H2,2H3. The molecule has 10 heteroatoms. The SMILES string of the molecule is C=CCc1cc(CC(C)C(=O)Oc2ccccn2)ccc1OS(=O)(=O)C(F)(F)F. The summed E-state index contributed by atoms with van der Waals surface area (Å²) >= 11 is 0. The molecule has 29 heavy (non-hydrogen) atoms. The first-order chi connectivity index (χ1) is 13.5. The molecule has 0 saturated carbocycles. The van der Waals surface area contributed by atoms with E-state index >= 15 is 0 Å². The summed E-state index contributed by atoms with van der Waals surface area (Å²) in [6.45, 7) is 5.12. The number of allylic oxidation sites excluding steroid dienone is 1. The van der Waals surface area contributed by atoms with E-state index in [-0.39, 0.29) is 24.3 Å². The number of carbonyl (C=O) groups excluding carboxylic acids is 1. The zero-order valence-corrected chi connectivity index (χ0v) is 16.2. The number of hydrogen-bond acceptors (Lipinski definition) is 6. The maximum absolute atomic E-state index is 12.6. The van der Waals surface area contributed by atoms with Crippen LogP contribution in [0, 0.1) is 5.92 Å². The van der Waals surface area contributed by atoms with Gasteiger partial charge in [-0.1, -0.05) is 31.2 Å². The molecule has 2 rings (SSSR count). The van der Waals surface area contributed by atoms with Crippen LogP contribution in [0.1, 0.15) is 18.1 Å². The van der Waals surface area contributed by atoms with E-state index in [9.17, 15) is 26.4 Å². The number of aromatic nitrogens is 1. The normalized spacial score (nSPS) is 12.8. The van der Waals surface area contributed by atoms with Crippen LogP contribution in [0.25, 0.3) is 0 Å². The van der Waals surface area contributed by atoms with Gasteiger partial charge in [0.25, 0.3) is 0 Å². The Bertz CT molecular complexity index is 975. The molecule has 0 aliphatic rings. The van der Waals surface area contributed by atoms with Crippen molar-refractivity contribution in [3.63, 3.8) is 0 Å². The van der Waals surface area contributed by atoms with Gasteiger partial charge < -0.3 is 8.92 Å². The van der Waals surface area contributed by atoms with Gasteiger partial charge in [-0.05, 0) is 36.1 Å². The first kappa shape index (κ1) is 22.4. The van der Waals surface area contributed by atoms with Gasteiger partial charge in [0.05, 0.1) is 5.92 Å². The molecule has 0 fully saturated rings. The lowest BCUT2D eigenvalue weighted by atomic mass is 9.98. The molecule has 1 unspecified atom stereocenters. The first-order valence-electron chi connectivity index (χ1n) is 8.39. The molecule has 6 nitrogen and oxygen atoms in total. The molecule has 1 heterocycles. The van der Waals surface area contributed by atoms with E-state index in [1.165, 1.54) is 30.5 Å². The summed E-state index contributed by atoms with van der Waals surface area (Å²) in [5, 5.41) is 0. The largest absolute Gasteiger partial charge is 0.534 e. The van der Waals surface area contributed by atoms with Crippen LogP contribution in [0.15, 0.2) is 55.3 Å². The van der Waals surface area contributed by atoms with Crippen LogP contribution in [-0.2, 0) is 27.8 Å². The lowest BCUT2D eigenvalue weighted by Gasteiger charge is -2.15. The van der Waals surface area contributed by atoms with Crippen molar-refractivity contribution in [2.75, 3.05) is 0 Å². The van der Waals surface area contributed by atoms with Crippen molar-refractivity contribution >= 4 is 16.1 Å². The minimum absolute atomic E-state index is 0.0727. The Kier molecular flexibility index (Phi) is 7.02. The predicted octanol–water partition coefficient (Wildman–Crippen LogP) is 3.82. The number of pyridine rings is 1. The van der Waals surface area contributed by atoms with Gasteiger partial charge in [-0.15, -0.1) is 6.58 Å². The second-order valence-electron chi connectivity index (χ2n) is 6.11. The summed E-state index contributed by atoms with van der Waals surface area (Å²) in [7, 11) is -5.79. The highest BCUT2D eigenvalue weighted by atomic mass is 32.2. The third-order valence-electron chi connectivity index (χ3n) is 3.76. The molecule has 0 aliphatic carbocycles. The maximum Gasteiger partial charge on any atom is 0.534 e. The number of halogens is 3. The van der Waals surface area contributed by atoms with Gasteiger partial charge in [0.15, 0.2) is 0 Å². The van der Waals surface area contributed by atoms with Crippen molar-refractivity contribution in [1.82, 2.24) is 4.98 Å². The van der Waals surface area contributed by atoms with Gasteiger partial charge >= 0.3 is 21.6 Å². The van der Waals surface area contributed by atoms with Crippen molar-refractivity contribution in [2.24, 2.45) is 5.92 Å². The molecule has 1 atom stereocenters. The van der Waals surface area contributed by atoms with E-state index in [0.717, 1.165) is 6.07 Å². The van der Waals surface area contributed by atoms with Crippen LogP contribution in [-0.4, -0.2) is 24.9 Å². The second kappa shape index (κ2) is 9.08. The van der Waals surface area contributed by atoms with Crippen molar-refractivity contribution in [3.8, 4) is 11.6 Å². The smallest absolute Gasteiger partial charge is 0.407 e. The lowest BCUT2D eigenvalue weighted by molar-refractivity contribution is -0.138. The van der Waals surface area contributed by atoms with Gasteiger partial charge in [0.2, 0.25) is 5.88 Å². The molecule has 2 aromatic rings. The number of nitrogens with zero attached hydrogens (tertiary/aromatic N) is 1. The first-order valence-corrected chi connectivity index (χ1v) is 9.80. The summed E-state index contributed by atoms with van der Waals surface area (Å²) in [5.41, 5.74) is -4.76. The van der Waals surface area contributed by atoms with Crippen molar-refractivity contribution in [1.29, 1.82) is 0 Å². The fourth-order valence-electron chi connectivity index (χ4n) is 2.37. The summed E-state index contributed by atoms with van der Waals surface area (Å²) in [5.74, 6) is -1.42. The molecule has 0 spiro atoms. The quantitative estimate of drug-likeness (QED) is 0.275. The average Bonchev–Trinajstić information content (AvgIpc) is 2.63. The molecule has 156 valence electrons. The highest BCUT2D eigenvalue weighted by Gasteiger charge is 2.48. The van der Waals surface area contributed by atoms with Crippen LogP contribution in [0.2, 0.25) is 0 Å². The zero-order valence-electron chi connectivity index (χ0n) is 15.3. The number of hydrogen-bond donors (Lipinski definition) is 0. The monoisotopic (exact) mass is 429 g/mol. The Morgan fingerprint density at radius 2 is 2.00 bits per heavy atom. The number of esters is 1. The molecule has 0 aliphatic heterocycles. The molecule has 1 aromatic carbocycles. The van der Waals surface area contributed by atoms with E-state index in [2.05, 4.69) is 15.7 Å². The van der Waals surface area contributed by atoms with E-state index in [4.69, 9.17) is 4.74 Å². The Hall–Kier alpha value is -2.88. The highest BCUT2D eigenvalue weighted by Crippen LogP contribution is 2.30. The van der Waals surface area contributed by atoms with Crippen LogP contribution >= 0.6 is 0 Å². The number of alkyl halides is 3. The summed E-state index contributed by atoms with van der Waals surface area (Å²) in [6.07, 6.45) is 3.15. The molecule has 0 saturated heterocycles. The topological polar surface area (TPSA) is 82.6 Å². The molecule has 1 aromatic heterocycles. The maximum atomic E-state index is 12.6. The van der Waals surface area contributed by atoms with E-state index in [1.807, 2.05) is 0 Å². The van der Waals surface area contributed by atoms with Crippen LogP contribution < -0.4 is 8.92 Å². The summed E-state index contributed by atoms with van der Waals surface area (Å²) < 4.78 is 69.6. The molecule has 0 radical (unpaired) electrons. The average molecular weight is 429 g/mol. The van der Waals surface area contributed by atoms with Gasteiger partial charge in [-0.2, -0.15) is 21.6 Å². The Labute approximate surface area is 166 Å². The van der Waals surface area contributed by atoms with Gasteiger partial charge in [0.1, 0.15) is 5.75 Å². The zero-order chi connectivity index (χ0) is 21.7. The molecule has 0 bridgehead atoms. The van der Waals surface area contributed by atoms with Crippen LogP contribution in [0.5, 0.6) is 11.6 Å². The molecule has 0 N–H and O–H groups in total. The van der Waals surface area contributed by atoms with Crippen molar-refractivity contribution < 1.29 is 35.3 Å². The highest BCUT2D eigenvalue weighted by molar-refractivity contribution is 7.88. The van der Waals surface area contributed by atoms with Crippen molar-refractivity contribution in [2.45, 2.75) is 25.3 Å². The molecular weight excluding hydrogens is 411 g/mol. The van der Waals surface area contributed by atoms with Crippen molar-refractivity contribution in [3.05, 3.63) is 66.4 Å². The molecular formula is C19H18F3NO5S. The lowest BCUT2D eigenvalue weighted by Crippen LogP contribution is -2.28. The van der Waals surface area contributed by atoms with E-state index in [1.54, 1.807) is 19.1 Å². The van der Waals surface area contributed by atoms with Gasteiger partial charge in [-0.25, -0.2) is 4.98 Å². The fourth-order valence-corrected chi connectivity index (χ4v) is 2.86. The Morgan fingerprint density at radius 3 is 2.59 bits per heavy atom. The second-order valence-corrected chi connectivity index (χ2v) is 7.65. The minimum Gasteiger partial charge on any atom is -0.407 e. The third-order valence-corrected chi connectivity index (χ3v) is 4.73. The van der Waals surface area contributed by atoms with E-state index in [0.29, 0.717) is 5.56 Å². The number of ether oxygens (including phenoxy) is 1. The fraction of sp³-hybridized carbons (Fsp3) is 0.263. The van der Waals surface area contributed by atoms with Crippen LogP contribution in [0.4, 0.5) is 13.2 Å². The number of carbonyl (C=O) groups is 1. The third kappa shape index (κ3) is 6.05. The number of benzene rings is 1. The predicted molar refractivity (Wildman–Crippen MR) is 98.7 cm³/mol. The Balaban J connectivity index is 2.16. The van der Waals surface area contributed by atoms with Gasteiger partial charge in [-0.3, -0.25) is 4.79 Å². The summed E-state index contributed by atoms with van der Waals surface area (Å²) in [6, 6.07) is 8.83. The summed E-state index contributed by atoms with van der Waals surface area (Å²) in [4.78, 5) is 16.1.